The molecule has 9 heteroatoms. The second kappa shape index (κ2) is 10.9. The van der Waals surface area contributed by atoms with E-state index in [0.717, 1.165) is 22.2 Å². The number of halogens is 2. The molecular weight excluding hydrogens is 485 g/mol. The van der Waals surface area contributed by atoms with Gasteiger partial charge < -0.3 is 10.6 Å². The van der Waals surface area contributed by atoms with E-state index in [9.17, 15) is 9.18 Å². The first-order valence-corrected chi connectivity index (χ1v) is 12.4. The maximum atomic E-state index is 13.4. The molecule has 1 aromatic heterocycles. The lowest BCUT2D eigenvalue weighted by Crippen LogP contribution is -2.32. The Morgan fingerprint density at radius 2 is 1.83 bits per heavy atom. The summed E-state index contributed by atoms with van der Waals surface area (Å²) in [6.07, 6.45) is 0. The summed E-state index contributed by atoms with van der Waals surface area (Å²) < 4.78 is 15.4. The van der Waals surface area contributed by atoms with Crippen LogP contribution in [0.15, 0.2) is 71.9 Å². The average Bonchev–Trinajstić information content (AvgIpc) is 3.25. The summed E-state index contributed by atoms with van der Waals surface area (Å²) in [5.41, 5.74) is 4.87. The number of urea groups is 1. The van der Waals surface area contributed by atoms with Gasteiger partial charge >= 0.3 is 6.03 Å². The largest absolute Gasteiger partial charge is 0.328 e. The monoisotopic (exact) mass is 509 g/mol. The molecule has 0 aliphatic rings. The molecule has 4 rings (SSSR count). The first kappa shape index (κ1) is 24.8. The fourth-order valence-electron chi connectivity index (χ4n) is 3.51. The van der Waals surface area contributed by atoms with Gasteiger partial charge in [-0.05, 0) is 62.2 Å². The van der Waals surface area contributed by atoms with Crippen LogP contribution in [0.4, 0.5) is 14.9 Å². The van der Waals surface area contributed by atoms with Gasteiger partial charge in [0.2, 0.25) is 0 Å². The van der Waals surface area contributed by atoms with Gasteiger partial charge in [0.05, 0.1) is 11.1 Å². The third kappa shape index (κ3) is 6.01. The first-order chi connectivity index (χ1) is 16.8. The number of hydrogen-bond acceptors (Lipinski definition) is 4. The highest BCUT2D eigenvalue weighted by Crippen LogP contribution is 2.28. The van der Waals surface area contributed by atoms with Crippen LogP contribution >= 0.6 is 23.4 Å². The maximum absolute atomic E-state index is 13.4. The fraction of sp³-hybridized carbons (Fsp3) is 0.192. The molecule has 0 aliphatic heterocycles. The Balaban J connectivity index is 1.57. The van der Waals surface area contributed by atoms with Gasteiger partial charge in [0.15, 0.2) is 11.0 Å². The van der Waals surface area contributed by atoms with Gasteiger partial charge in [0.1, 0.15) is 5.82 Å². The zero-order valence-electron chi connectivity index (χ0n) is 19.5. The minimum Gasteiger partial charge on any atom is -0.328 e. The topological polar surface area (TPSA) is 71.8 Å². The lowest BCUT2D eigenvalue weighted by Gasteiger charge is -2.17. The van der Waals surface area contributed by atoms with Crippen LogP contribution in [0.3, 0.4) is 0 Å². The van der Waals surface area contributed by atoms with Crippen molar-refractivity contribution in [2.45, 2.75) is 37.7 Å². The molecule has 2 N–H and O–H groups in total. The van der Waals surface area contributed by atoms with Crippen molar-refractivity contribution in [3.8, 4) is 5.69 Å². The van der Waals surface area contributed by atoms with E-state index in [1.165, 1.54) is 29.3 Å². The van der Waals surface area contributed by atoms with Crippen molar-refractivity contribution in [3.63, 3.8) is 0 Å². The number of benzene rings is 3. The molecule has 0 aliphatic carbocycles. The minimum absolute atomic E-state index is 0.0646. The van der Waals surface area contributed by atoms with E-state index in [1.807, 2.05) is 54.8 Å². The van der Waals surface area contributed by atoms with Gasteiger partial charge in [-0.2, -0.15) is 0 Å². The minimum atomic E-state index is -0.548. The quantitative estimate of drug-likeness (QED) is 0.267. The van der Waals surface area contributed by atoms with Crippen molar-refractivity contribution in [1.29, 1.82) is 0 Å². The molecule has 35 heavy (non-hydrogen) atoms. The summed E-state index contributed by atoms with van der Waals surface area (Å²) in [4.78, 5) is 12.6. The van der Waals surface area contributed by atoms with E-state index in [2.05, 4.69) is 39.9 Å². The summed E-state index contributed by atoms with van der Waals surface area (Å²) in [5, 5.41) is 15.1. The van der Waals surface area contributed by atoms with Crippen molar-refractivity contribution in [2.75, 3.05) is 5.32 Å². The van der Waals surface area contributed by atoms with Gasteiger partial charge in [-0.25, -0.2) is 9.18 Å². The van der Waals surface area contributed by atoms with Gasteiger partial charge in [-0.3, -0.25) is 4.57 Å². The van der Waals surface area contributed by atoms with E-state index >= 15 is 0 Å². The molecule has 0 unspecified atom stereocenters. The molecule has 2 amide bonds. The Hall–Kier alpha value is -3.36. The lowest BCUT2D eigenvalue weighted by molar-refractivity contribution is 0.249. The number of anilines is 1. The number of rotatable bonds is 7. The smallest absolute Gasteiger partial charge is 0.319 e. The molecule has 1 atom stereocenters. The lowest BCUT2D eigenvalue weighted by atomic mass is 10.1. The highest BCUT2D eigenvalue weighted by Gasteiger charge is 2.21. The standard InChI is InChI=1S/C26H25ClFN5OS/c1-16-8-11-21(12-9-16)33-24(31-32-26(33)35-15-19-7-5-4-6-17(19)2)18(3)29-25(34)30-20-10-13-23(28)22(27)14-20/h4-14,18H,15H2,1-3H3,(H2,29,30,34)/t18-/m1/s1. The highest BCUT2D eigenvalue weighted by molar-refractivity contribution is 7.98. The Labute approximate surface area is 212 Å². The van der Waals surface area contributed by atoms with Crippen molar-refractivity contribution >= 4 is 35.1 Å². The normalized spacial score (nSPS) is 11.8. The van der Waals surface area contributed by atoms with Crippen LogP contribution < -0.4 is 10.6 Å². The van der Waals surface area contributed by atoms with Crippen molar-refractivity contribution in [1.82, 2.24) is 20.1 Å². The predicted octanol–water partition coefficient (Wildman–Crippen LogP) is 6.85. The highest BCUT2D eigenvalue weighted by atomic mass is 35.5. The Bertz CT molecular complexity index is 1340. The Kier molecular flexibility index (Phi) is 7.73. The van der Waals surface area contributed by atoms with Crippen molar-refractivity contribution in [2.24, 2.45) is 0 Å². The predicted molar refractivity (Wildman–Crippen MR) is 139 cm³/mol. The van der Waals surface area contributed by atoms with E-state index in [1.54, 1.807) is 11.8 Å². The van der Waals surface area contributed by atoms with Crippen LogP contribution in [0.1, 0.15) is 35.5 Å². The number of aryl methyl sites for hydroxylation is 2. The Morgan fingerprint density at radius 3 is 2.54 bits per heavy atom. The average molecular weight is 510 g/mol. The van der Waals surface area contributed by atoms with E-state index in [0.29, 0.717) is 11.5 Å². The molecular formula is C26H25ClFN5OS. The van der Waals surface area contributed by atoms with E-state index in [4.69, 9.17) is 11.6 Å². The van der Waals surface area contributed by atoms with Crippen LogP contribution in [0, 0.1) is 19.7 Å². The number of nitrogens with zero attached hydrogens (tertiary/aromatic N) is 3. The van der Waals surface area contributed by atoms with Crippen molar-refractivity contribution in [3.05, 3.63) is 100 Å². The fourth-order valence-corrected chi connectivity index (χ4v) is 4.72. The van der Waals surface area contributed by atoms with Crippen LogP contribution in [-0.2, 0) is 5.75 Å². The van der Waals surface area contributed by atoms with E-state index in [-0.39, 0.29) is 5.02 Å². The molecule has 4 aromatic rings. The SMILES string of the molecule is Cc1ccc(-n2c(SCc3ccccc3C)nnc2[C@@H](C)NC(=O)Nc2ccc(F)c(Cl)c2)cc1. The van der Waals surface area contributed by atoms with Gasteiger partial charge in [0, 0.05) is 17.1 Å². The molecule has 0 saturated heterocycles. The van der Waals surface area contributed by atoms with Gasteiger partial charge in [-0.15, -0.1) is 10.2 Å². The molecule has 0 saturated carbocycles. The molecule has 0 fully saturated rings. The number of hydrogen-bond donors (Lipinski definition) is 2. The Morgan fingerprint density at radius 1 is 1.09 bits per heavy atom. The third-order valence-corrected chi connectivity index (χ3v) is 6.75. The number of thioether (sulfide) groups is 1. The molecule has 1 heterocycles. The molecule has 0 spiro atoms. The van der Waals surface area contributed by atoms with Gasteiger partial charge in [-0.1, -0.05) is 65.3 Å². The number of aromatic nitrogens is 3. The van der Waals surface area contributed by atoms with E-state index < -0.39 is 17.9 Å². The summed E-state index contributed by atoms with van der Waals surface area (Å²) in [7, 11) is 0. The summed E-state index contributed by atoms with van der Waals surface area (Å²) in [6.45, 7) is 5.95. The number of carbonyl (C=O) groups excluding carboxylic acids is 1. The molecule has 0 radical (unpaired) electrons. The zero-order chi connectivity index (χ0) is 24.9. The maximum Gasteiger partial charge on any atom is 0.319 e. The molecule has 0 bridgehead atoms. The molecule has 180 valence electrons. The van der Waals surface area contributed by atoms with Crippen LogP contribution in [0.2, 0.25) is 5.02 Å². The summed E-state index contributed by atoms with van der Waals surface area (Å²) >= 11 is 7.40. The zero-order valence-corrected chi connectivity index (χ0v) is 21.1. The van der Waals surface area contributed by atoms with Crippen molar-refractivity contribution < 1.29 is 9.18 Å². The number of nitrogens with one attached hydrogen (secondary N) is 2. The molecule has 6 nitrogen and oxygen atoms in total. The number of carbonyl (C=O) groups is 1. The van der Waals surface area contributed by atoms with Crippen LogP contribution in [0.5, 0.6) is 0 Å². The third-order valence-electron chi connectivity index (χ3n) is 5.48. The molecule has 3 aromatic carbocycles. The van der Waals surface area contributed by atoms with Gasteiger partial charge in [0.25, 0.3) is 0 Å². The van der Waals surface area contributed by atoms with Crippen LogP contribution in [0.25, 0.3) is 5.69 Å². The second-order valence-corrected chi connectivity index (χ2v) is 9.53. The number of amides is 2. The first-order valence-electron chi connectivity index (χ1n) is 11.0. The summed E-state index contributed by atoms with van der Waals surface area (Å²) in [5.74, 6) is 0.783. The van der Waals surface area contributed by atoms with Crippen LogP contribution in [-0.4, -0.2) is 20.8 Å². The second-order valence-electron chi connectivity index (χ2n) is 8.18. The summed E-state index contributed by atoms with van der Waals surface area (Å²) in [6, 6.07) is 19.4.